The highest BCUT2D eigenvalue weighted by Gasteiger charge is 1.94. The standard InChI is InChI=1S/C19H33O/c1-3-4-5-6-7-8-9-10-11-12-13-14-15-16-17-18-19(2)20/h10-11H,3-9,12-18H2,1H3. The molecule has 0 aliphatic carbocycles. The molecular weight excluding hydrogens is 244 g/mol. The summed E-state index contributed by atoms with van der Waals surface area (Å²) < 4.78 is 0. The fraction of sp³-hybridized carbons (Fsp3) is 0.789. The lowest BCUT2D eigenvalue weighted by Crippen LogP contribution is -1.89. The number of rotatable bonds is 15. The second kappa shape index (κ2) is 16.5. The van der Waals surface area contributed by atoms with Crippen LogP contribution in [-0.2, 0) is 4.79 Å². The van der Waals surface area contributed by atoms with Gasteiger partial charge in [0.15, 0.2) is 0 Å². The SMILES string of the molecule is [C]C(=O)CCCCCCCC=CCCCCCCCC. The van der Waals surface area contributed by atoms with E-state index in [1.165, 1.54) is 70.6 Å². The Morgan fingerprint density at radius 1 is 0.750 bits per heavy atom. The largest absolute Gasteiger partial charge is 0.299 e. The van der Waals surface area contributed by atoms with Gasteiger partial charge in [-0.2, -0.15) is 0 Å². The summed E-state index contributed by atoms with van der Waals surface area (Å²) in [5, 5.41) is 0. The average Bonchev–Trinajstić information content (AvgIpc) is 2.43. The van der Waals surface area contributed by atoms with E-state index in [1.807, 2.05) is 0 Å². The molecule has 115 valence electrons. The molecule has 0 saturated heterocycles. The van der Waals surface area contributed by atoms with Crippen LogP contribution in [0.4, 0.5) is 0 Å². The van der Waals surface area contributed by atoms with Gasteiger partial charge in [-0.05, 0) is 32.1 Å². The molecule has 0 spiro atoms. The van der Waals surface area contributed by atoms with Crippen molar-refractivity contribution in [1.82, 2.24) is 0 Å². The van der Waals surface area contributed by atoms with E-state index in [1.54, 1.807) is 0 Å². The zero-order valence-electron chi connectivity index (χ0n) is 13.5. The van der Waals surface area contributed by atoms with E-state index < -0.39 is 5.78 Å². The first-order valence-electron chi connectivity index (χ1n) is 8.66. The van der Waals surface area contributed by atoms with Gasteiger partial charge in [-0.3, -0.25) is 4.79 Å². The van der Waals surface area contributed by atoms with Crippen LogP contribution in [0.15, 0.2) is 12.2 Å². The maximum atomic E-state index is 10.4. The van der Waals surface area contributed by atoms with Gasteiger partial charge in [-0.1, -0.05) is 70.4 Å². The Bertz CT molecular complexity index is 230. The molecule has 0 amide bonds. The van der Waals surface area contributed by atoms with Gasteiger partial charge in [0.2, 0.25) is 0 Å². The Hall–Kier alpha value is -0.590. The van der Waals surface area contributed by atoms with Crippen molar-refractivity contribution in [2.45, 2.75) is 96.8 Å². The lowest BCUT2D eigenvalue weighted by Gasteiger charge is -1.99. The molecule has 0 heterocycles. The van der Waals surface area contributed by atoms with Crippen LogP contribution < -0.4 is 0 Å². The minimum Gasteiger partial charge on any atom is -0.299 e. The lowest BCUT2D eigenvalue weighted by molar-refractivity contribution is -0.114. The third-order valence-corrected chi connectivity index (χ3v) is 3.67. The van der Waals surface area contributed by atoms with Gasteiger partial charge in [-0.25, -0.2) is 0 Å². The second-order valence-electron chi connectivity index (χ2n) is 5.76. The van der Waals surface area contributed by atoms with Crippen molar-refractivity contribution >= 4 is 5.78 Å². The molecule has 0 rings (SSSR count). The van der Waals surface area contributed by atoms with Gasteiger partial charge in [-0.15, -0.1) is 0 Å². The number of ketones is 1. The predicted octanol–water partition coefficient (Wildman–Crippen LogP) is 6.18. The van der Waals surface area contributed by atoms with Gasteiger partial charge in [0.05, 0.1) is 6.92 Å². The van der Waals surface area contributed by atoms with Crippen LogP contribution in [0.5, 0.6) is 0 Å². The van der Waals surface area contributed by atoms with Crippen molar-refractivity contribution in [2.75, 3.05) is 0 Å². The highest BCUT2D eigenvalue weighted by atomic mass is 16.1. The number of carbonyl (C=O) groups excluding carboxylic acids is 1. The van der Waals surface area contributed by atoms with Crippen molar-refractivity contribution in [3.8, 4) is 0 Å². The van der Waals surface area contributed by atoms with E-state index in [4.69, 9.17) is 6.92 Å². The number of hydrogen-bond acceptors (Lipinski definition) is 1. The Labute approximate surface area is 127 Å². The number of hydrogen-bond donors (Lipinski definition) is 0. The number of allylic oxidation sites excluding steroid dienone is 2. The molecule has 0 aromatic rings. The van der Waals surface area contributed by atoms with E-state index in [-0.39, 0.29) is 0 Å². The van der Waals surface area contributed by atoms with E-state index in [9.17, 15) is 4.79 Å². The van der Waals surface area contributed by atoms with E-state index in [2.05, 4.69) is 19.1 Å². The van der Waals surface area contributed by atoms with Gasteiger partial charge in [0, 0.05) is 6.42 Å². The Morgan fingerprint density at radius 3 is 1.70 bits per heavy atom. The molecule has 0 fully saturated rings. The van der Waals surface area contributed by atoms with Gasteiger partial charge in [0.1, 0.15) is 5.78 Å². The first-order valence-corrected chi connectivity index (χ1v) is 8.66. The molecule has 0 aromatic heterocycles. The molecule has 3 radical (unpaired) electrons. The van der Waals surface area contributed by atoms with Gasteiger partial charge < -0.3 is 0 Å². The summed E-state index contributed by atoms with van der Waals surface area (Å²) in [5.74, 6) is -0.414. The smallest absolute Gasteiger partial charge is 0.142 e. The molecule has 0 saturated carbocycles. The molecule has 0 unspecified atom stereocenters. The first-order chi connectivity index (χ1) is 9.77. The summed E-state index contributed by atoms with van der Waals surface area (Å²) in [4.78, 5) is 10.4. The minimum absolute atomic E-state index is 0.414. The quantitative estimate of drug-likeness (QED) is 0.258. The highest BCUT2D eigenvalue weighted by Crippen LogP contribution is 2.09. The molecule has 1 nitrogen and oxygen atoms in total. The van der Waals surface area contributed by atoms with E-state index >= 15 is 0 Å². The Kier molecular flexibility index (Phi) is 16.0. The van der Waals surface area contributed by atoms with Crippen LogP contribution in [0.2, 0.25) is 0 Å². The van der Waals surface area contributed by atoms with Crippen LogP contribution in [0, 0.1) is 6.92 Å². The maximum absolute atomic E-state index is 10.4. The number of Topliss-reactive ketones (excluding diaryl/α,β-unsaturated/α-hetero) is 1. The summed E-state index contributed by atoms with van der Waals surface area (Å²) in [6, 6.07) is 0. The topological polar surface area (TPSA) is 17.1 Å². The van der Waals surface area contributed by atoms with Crippen LogP contribution in [0.3, 0.4) is 0 Å². The third-order valence-electron chi connectivity index (χ3n) is 3.67. The third kappa shape index (κ3) is 17.4. The molecular formula is C19H33O. The predicted molar refractivity (Wildman–Crippen MR) is 87.7 cm³/mol. The highest BCUT2D eigenvalue weighted by molar-refractivity contribution is 5.82. The number of carbonyl (C=O) groups is 1. The van der Waals surface area contributed by atoms with E-state index in [0.717, 1.165) is 12.8 Å². The molecule has 0 aliphatic heterocycles. The number of unbranched alkanes of at least 4 members (excludes halogenated alkanes) is 11. The van der Waals surface area contributed by atoms with Crippen molar-refractivity contribution in [3.63, 3.8) is 0 Å². The molecule has 0 aliphatic rings. The molecule has 0 atom stereocenters. The second-order valence-corrected chi connectivity index (χ2v) is 5.76. The fourth-order valence-corrected chi connectivity index (χ4v) is 2.36. The molecule has 20 heavy (non-hydrogen) atoms. The summed E-state index contributed by atoms with van der Waals surface area (Å²) >= 11 is 0. The van der Waals surface area contributed by atoms with Crippen LogP contribution in [0.1, 0.15) is 96.8 Å². The van der Waals surface area contributed by atoms with Crippen LogP contribution in [0.25, 0.3) is 0 Å². The monoisotopic (exact) mass is 277 g/mol. The molecule has 1 heteroatoms. The zero-order valence-corrected chi connectivity index (χ0v) is 13.5. The zero-order chi connectivity index (χ0) is 14.9. The van der Waals surface area contributed by atoms with Crippen LogP contribution in [-0.4, -0.2) is 5.78 Å². The molecule has 0 aromatic carbocycles. The summed E-state index contributed by atoms with van der Waals surface area (Å²) in [7, 11) is 0. The van der Waals surface area contributed by atoms with E-state index in [0.29, 0.717) is 6.42 Å². The minimum atomic E-state index is -0.414. The van der Waals surface area contributed by atoms with Gasteiger partial charge in [0.25, 0.3) is 0 Å². The summed E-state index contributed by atoms with van der Waals surface area (Å²) in [6.07, 6.45) is 21.6. The van der Waals surface area contributed by atoms with Gasteiger partial charge >= 0.3 is 0 Å². The lowest BCUT2D eigenvalue weighted by atomic mass is 10.1. The Morgan fingerprint density at radius 2 is 1.20 bits per heavy atom. The average molecular weight is 277 g/mol. The normalized spacial score (nSPS) is 11.3. The van der Waals surface area contributed by atoms with Crippen LogP contribution >= 0.6 is 0 Å². The van der Waals surface area contributed by atoms with Crippen molar-refractivity contribution in [2.24, 2.45) is 0 Å². The Balaban J connectivity index is 3.07. The van der Waals surface area contributed by atoms with Crippen molar-refractivity contribution in [3.05, 3.63) is 19.1 Å². The fourth-order valence-electron chi connectivity index (χ4n) is 2.36. The van der Waals surface area contributed by atoms with Crippen molar-refractivity contribution in [1.29, 1.82) is 0 Å². The summed E-state index contributed by atoms with van der Waals surface area (Å²) in [6.45, 7) is 9.07. The first kappa shape index (κ1) is 19.4. The summed E-state index contributed by atoms with van der Waals surface area (Å²) in [5.41, 5.74) is 0. The maximum Gasteiger partial charge on any atom is 0.142 e. The van der Waals surface area contributed by atoms with Crippen molar-refractivity contribution < 1.29 is 4.79 Å². The molecule has 0 bridgehead atoms. The molecule has 0 N–H and O–H groups in total.